The molecule has 0 radical (unpaired) electrons. The number of hydrogen-bond donors (Lipinski definition) is 0. The van der Waals surface area contributed by atoms with Gasteiger partial charge in [0.05, 0.1) is 16.7 Å². The Kier molecular flexibility index (Phi) is 9.09. The quantitative estimate of drug-likeness (QED) is 0.127. The highest BCUT2D eigenvalue weighted by atomic mass is 15.1. The maximum absolute atomic E-state index is 4.08. The average molecular weight is 739 g/mol. The van der Waals surface area contributed by atoms with Gasteiger partial charge in [0.15, 0.2) is 0 Å². The zero-order valence-electron chi connectivity index (χ0n) is 33.9. The number of hydrogen-bond acceptors (Lipinski definition) is 1. The van der Waals surface area contributed by atoms with Crippen molar-refractivity contribution in [3.05, 3.63) is 198 Å². The number of rotatable bonds is 10. The van der Waals surface area contributed by atoms with Gasteiger partial charge in [-0.05, 0) is 138 Å². The standard InChI is InChI=1S/C55H50N2/c1-8-11-15-38-21-26-42(27-22-38)56(41-24-18-36(4)19-25-41)53-35-50-54(45-17-13-12-16-44(45)53)46-29-28-43(34-49(46)55(50,6)7)57-51-30-20-37(5)32-47(51)48-33-40(23-31-52(48)57)39(10-3)14-9-2/h9-10,12-14,16-35H,2-3,8,11,15H2,1,4-7H3/b39-14+. The smallest absolute Gasteiger partial charge is 0.0543 e. The molecule has 1 aliphatic rings. The van der Waals surface area contributed by atoms with Crippen molar-refractivity contribution in [1.82, 2.24) is 4.57 Å². The van der Waals surface area contributed by atoms with E-state index in [4.69, 9.17) is 0 Å². The molecule has 2 heteroatoms. The molecule has 280 valence electrons. The van der Waals surface area contributed by atoms with Gasteiger partial charge in [-0.2, -0.15) is 0 Å². The van der Waals surface area contributed by atoms with Gasteiger partial charge in [-0.15, -0.1) is 0 Å². The van der Waals surface area contributed by atoms with Gasteiger partial charge in [-0.25, -0.2) is 0 Å². The van der Waals surface area contributed by atoms with Crippen LogP contribution in [-0.4, -0.2) is 4.57 Å². The van der Waals surface area contributed by atoms with Gasteiger partial charge >= 0.3 is 0 Å². The van der Waals surface area contributed by atoms with E-state index < -0.39 is 0 Å². The van der Waals surface area contributed by atoms with E-state index >= 15 is 0 Å². The fourth-order valence-corrected chi connectivity index (χ4v) is 9.19. The summed E-state index contributed by atoms with van der Waals surface area (Å²) in [7, 11) is 0. The first-order valence-corrected chi connectivity index (χ1v) is 20.4. The number of allylic oxidation sites excluding steroid dienone is 4. The lowest BCUT2D eigenvalue weighted by Gasteiger charge is -2.30. The summed E-state index contributed by atoms with van der Waals surface area (Å²) in [6, 6.07) is 50.5. The van der Waals surface area contributed by atoms with Gasteiger partial charge in [-0.3, -0.25) is 0 Å². The Bertz CT molecular complexity index is 2900. The molecule has 0 fully saturated rings. The fraction of sp³-hybridized carbons (Fsp3) is 0.164. The first-order chi connectivity index (χ1) is 27.7. The van der Waals surface area contributed by atoms with Crippen molar-refractivity contribution >= 4 is 55.2 Å². The van der Waals surface area contributed by atoms with E-state index in [-0.39, 0.29) is 5.41 Å². The van der Waals surface area contributed by atoms with E-state index in [1.165, 1.54) is 101 Å². The van der Waals surface area contributed by atoms with E-state index in [9.17, 15) is 0 Å². The number of benzene rings is 7. The van der Waals surface area contributed by atoms with Crippen LogP contribution < -0.4 is 4.90 Å². The van der Waals surface area contributed by atoms with Crippen LogP contribution in [-0.2, 0) is 11.8 Å². The maximum atomic E-state index is 4.08. The Balaban J connectivity index is 1.23. The van der Waals surface area contributed by atoms with Crippen LogP contribution in [0, 0.1) is 13.8 Å². The van der Waals surface area contributed by atoms with E-state index in [0.29, 0.717) is 0 Å². The Morgan fingerprint density at radius 3 is 2.04 bits per heavy atom. The van der Waals surface area contributed by atoms with Gasteiger partial charge < -0.3 is 9.47 Å². The van der Waals surface area contributed by atoms with Crippen molar-refractivity contribution in [3.63, 3.8) is 0 Å². The van der Waals surface area contributed by atoms with Gasteiger partial charge in [-0.1, -0.05) is 136 Å². The number of unbranched alkanes of at least 4 members (excludes halogenated alkanes) is 1. The zero-order valence-corrected chi connectivity index (χ0v) is 33.9. The van der Waals surface area contributed by atoms with Crippen molar-refractivity contribution in [2.45, 2.75) is 59.3 Å². The Morgan fingerprint density at radius 1 is 0.667 bits per heavy atom. The van der Waals surface area contributed by atoms with Crippen molar-refractivity contribution in [1.29, 1.82) is 0 Å². The van der Waals surface area contributed by atoms with Crippen LogP contribution in [0.3, 0.4) is 0 Å². The van der Waals surface area contributed by atoms with Gasteiger partial charge in [0, 0.05) is 38.6 Å². The van der Waals surface area contributed by atoms with E-state index in [2.05, 4.69) is 191 Å². The van der Waals surface area contributed by atoms with Crippen molar-refractivity contribution < 1.29 is 0 Å². The maximum Gasteiger partial charge on any atom is 0.0543 e. The van der Waals surface area contributed by atoms with Gasteiger partial charge in [0.1, 0.15) is 0 Å². The summed E-state index contributed by atoms with van der Waals surface area (Å²) in [5.74, 6) is 0. The molecule has 0 N–H and O–H groups in total. The zero-order chi connectivity index (χ0) is 39.4. The number of nitrogens with zero attached hydrogens (tertiary/aromatic N) is 2. The summed E-state index contributed by atoms with van der Waals surface area (Å²) < 4.78 is 2.45. The molecule has 1 aliphatic carbocycles. The molecular formula is C55H50N2. The first kappa shape index (κ1) is 36.3. The second-order valence-corrected chi connectivity index (χ2v) is 16.3. The lowest BCUT2D eigenvalue weighted by Crippen LogP contribution is -2.17. The molecule has 0 atom stereocenters. The van der Waals surface area contributed by atoms with Gasteiger partial charge in [0.2, 0.25) is 0 Å². The van der Waals surface area contributed by atoms with Crippen LogP contribution in [0.4, 0.5) is 17.1 Å². The van der Waals surface area contributed by atoms with Crippen molar-refractivity contribution in [3.8, 4) is 16.8 Å². The van der Waals surface area contributed by atoms with E-state index in [0.717, 1.165) is 23.2 Å². The second-order valence-electron chi connectivity index (χ2n) is 16.3. The number of anilines is 3. The molecule has 2 nitrogen and oxygen atoms in total. The molecule has 0 unspecified atom stereocenters. The molecule has 0 aliphatic heterocycles. The third-order valence-corrected chi connectivity index (χ3v) is 12.2. The number of aryl methyl sites for hydroxylation is 3. The number of fused-ring (bicyclic) bond motifs is 8. The SMILES string of the molecule is C=C/C=C(\C=C)c1ccc2c(c1)c1cc(C)ccc1n2-c1ccc2c(c1)C(C)(C)c1cc(N(c3ccc(C)cc3)c3ccc(CCCC)cc3)c3ccccc3c1-2. The minimum Gasteiger partial charge on any atom is -0.310 e. The summed E-state index contributed by atoms with van der Waals surface area (Å²) >= 11 is 0. The first-order valence-electron chi connectivity index (χ1n) is 20.4. The van der Waals surface area contributed by atoms with Gasteiger partial charge in [0.25, 0.3) is 0 Å². The average Bonchev–Trinajstić information content (AvgIpc) is 3.67. The van der Waals surface area contributed by atoms with E-state index in [1.807, 2.05) is 18.2 Å². The van der Waals surface area contributed by atoms with E-state index in [1.54, 1.807) is 0 Å². The molecule has 9 rings (SSSR count). The van der Waals surface area contributed by atoms with Crippen molar-refractivity contribution in [2.75, 3.05) is 4.90 Å². The molecule has 0 bridgehead atoms. The van der Waals surface area contributed by atoms with Crippen LogP contribution in [0.25, 0.3) is 55.0 Å². The largest absolute Gasteiger partial charge is 0.310 e. The molecule has 0 saturated carbocycles. The molecular weight excluding hydrogens is 689 g/mol. The third-order valence-electron chi connectivity index (χ3n) is 12.2. The van der Waals surface area contributed by atoms with Crippen LogP contribution in [0.5, 0.6) is 0 Å². The molecule has 0 saturated heterocycles. The normalized spacial score (nSPS) is 13.2. The Morgan fingerprint density at radius 2 is 1.33 bits per heavy atom. The predicted octanol–water partition coefficient (Wildman–Crippen LogP) is 15.4. The second kappa shape index (κ2) is 14.3. The highest BCUT2D eigenvalue weighted by molar-refractivity contribution is 6.12. The Hall–Kier alpha value is -6.38. The van der Waals surface area contributed by atoms with Crippen LogP contribution in [0.2, 0.25) is 0 Å². The van der Waals surface area contributed by atoms with Crippen molar-refractivity contribution in [2.24, 2.45) is 0 Å². The topological polar surface area (TPSA) is 8.17 Å². The lowest BCUT2D eigenvalue weighted by molar-refractivity contribution is 0.660. The van der Waals surface area contributed by atoms with Crippen LogP contribution >= 0.6 is 0 Å². The molecule has 57 heavy (non-hydrogen) atoms. The molecule has 0 amide bonds. The third kappa shape index (κ3) is 6.03. The van der Waals surface area contributed by atoms with Crippen LogP contribution in [0.1, 0.15) is 67.0 Å². The van der Waals surface area contributed by atoms with Crippen LogP contribution in [0.15, 0.2) is 165 Å². The summed E-state index contributed by atoms with van der Waals surface area (Å²) in [6.07, 6.45) is 9.27. The molecule has 0 spiro atoms. The predicted molar refractivity (Wildman–Crippen MR) is 247 cm³/mol. The highest BCUT2D eigenvalue weighted by Gasteiger charge is 2.38. The summed E-state index contributed by atoms with van der Waals surface area (Å²) in [5.41, 5.74) is 18.3. The minimum atomic E-state index is -0.251. The molecule has 1 aromatic heterocycles. The molecule has 8 aromatic rings. The number of aromatic nitrogens is 1. The highest BCUT2D eigenvalue weighted by Crippen LogP contribution is 2.55. The summed E-state index contributed by atoms with van der Waals surface area (Å²) in [4.78, 5) is 2.46. The summed E-state index contributed by atoms with van der Waals surface area (Å²) in [6.45, 7) is 19.4. The summed E-state index contributed by atoms with van der Waals surface area (Å²) in [5, 5.41) is 5.02. The minimum absolute atomic E-state index is 0.251. The monoisotopic (exact) mass is 738 g/mol. The fourth-order valence-electron chi connectivity index (χ4n) is 9.19. The Labute approximate surface area is 337 Å². The lowest BCUT2D eigenvalue weighted by atomic mass is 9.81. The molecule has 7 aromatic carbocycles. The molecule has 1 heterocycles.